The van der Waals surface area contributed by atoms with Gasteiger partial charge in [-0.3, -0.25) is 0 Å². The highest BCUT2D eigenvalue weighted by atomic mass is 19.4. The molecule has 11 heteroatoms. The van der Waals surface area contributed by atoms with Crippen LogP contribution in [0.2, 0.25) is 0 Å². The number of halogens is 3. The number of carbonyl (C=O) groups is 1. The zero-order valence-electron chi connectivity index (χ0n) is 21.1. The van der Waals surface area contributed by atoms with Gasteiger partial charge in [0.25, 0.3) is 0 Å². The average Bonchev–Trinajstić information content (AvgIpc) is 3.31. The lowest BCUT2D eigenvalue weighted by molar-refractivity contribution is -0.143. The van der Waals surface area contributed by atoms with Crippen LogP contribution in [0.3, 0.4) is 0 Å². The molecule has 0 radical (unpaired) electrons. The van der Waals surface area contributed by atoms with Gasteiger partial charge < -0.3 is 30.3 Å². The Kier molecular flexibility index (Phi) is 8.43. The minimum Gasteiger partial charge on any atom is -0.392 e. The number of aryl methyl sites for hydroxylation is 1. The highest BCUT2D eigenvalue weighted by Gasteiger charge is 2.36. The molecule has 2 aliphatic rings. The van der Waals surface area contributed by atoms with Crippen molar-refractivity contribution in [1.82, 2.24) is 9.88 Å². The fourth-order valence-corrected chi connectivity index (χ4v) is 4.69. The van der Waals surface area contributed by atoms with Crippen LogP contribution in [0.25, 0.3) is 11.1 Å². The van der Waals surface area contributed by atoms with Crippen LogP contribution >= 0.6 is 0 Å². The van der Waals surface area contributed by atoms with E-state index in [4.69, 9.17) is 9.72 Å². The van der Waals surface area contributed by atoms with Crippen molar-refractivity contribution in [2.24, 2.45) is 5.92 Å². The number of alkyl halides is 3. The van der Waals surface area contributed by atoms with Crippen LogP contribution < -0.4 is 15.5 Å². The average molecular weight is 522 g/mol. The van der Waals surface area contributed by atoms with Crippen molar-refractivity contribution in [2.45, 2.75) is 39.0 Å². The molecule has 37 heavy (non-hydrogen) atoms. The minimum absolute atomic E-state index is 0.0929. The van der Waals surface area contributed by atoms with Gasteiger partial charge in [-0.15, -0.1) is 0 Å². The molecule has 2 saturated heterocycles. The van der Waals surface area contributed by atoms with Crippen molar-refractivity contribution in [3.05, 3.63) is 35.9 Å². The Morgan fingerprint density at radius 3 is 2.68 bits per heavy atom. The number of aromatic nitrogens is 1. The van der Waals surface area contributed by atoms with Crippen molar-refractivity contribution in [1.29, 1.82) is 0 Å². The number of morpholine rings is 1. The van der Waals surface area contributed by atoms with Crippen LogP contribution in [0.4, 0.5) is 35.3 Å². The van der Waals surface area contributed by atoms with E-state index in [0.29, 0.717) is 57.3 Å². The quantitative estimate of drug-likeness (QED) is 0.498. The molecule has 2 aliphatic heterocycles. The fourth-order valence-electron chi connectivity index (χ4n) is 4.69. The summed E-state index contributed by atoms with van der Waals surface area (Å²) in [6.45, 7) is 7.07. The zero-order chi connectivity index (χ0) is 26.6. The molecule has 3 heterocycles. The van der Waals surface area contributed by atoms with E-state index in [2.05, 4.69) is 15.5 Å². The largest absolute Gasteiger partial charge is 0.392 e. The molecule has 8 nitrogen and oxygen atoms in total. The molecular formula is C26H34F3N5O3. The van der Waals surface area contributed by atoms with Crippen LogP contribution in [-0.2, 0) is 4.74 Å². The number of urea groups is 1. The van der Waals surface area contributed by atoms with E-state index in [0.717, 1.165) is 22.5 Å². The molecule has 1 aromatic heterocycles. The van der Waals surface area contributed by atoms with Gasteiger partial charge in [-0.1, -0.05) is 6.07 Å². The molecule has 202 valence electrons. The van der Waals surface area contributed by atoms with E-state index < -0.39 is 30.7 Å². The first-order valence-corrected chi connectivity index (χ1v) is 12.6. The minimum atomic E-state index is -4.23. The van der Waals surface area contributed by atoms with Gasteiger partial charge in [-0.25, -0.2) is 9.78 Å². The number of nitrogens with zero attached hydrogens (tertiary/aromatic N) is 3. The standard InChI is InChI=1S/C26H34F3N5O3/c1-17-3-4-21(31-25(36)34-6-5-19(16-34)14-26(27,28)29)13-22(17)20-11-23(30-15-18(2)35)32-24(12-20)33-7-9-37-10-8-33/h3-4,11-13,18-19,35H,5-10,14-16H2,1-2H3,(H,30,32)(H,31,36)/t18-,19?/m1/s1. The molecule has 0 saturated carbocycles. The number of aliphatic hydroxyl groups excluding tert-OH is 1. The zero-order valence-corrected chi connectivity index (χ0v) is 21.1. The molecular weight excluding hydrogens is 487 g/mol. The third kappa shape index (κ3) is 7.48. The Morgan fingerprint density at radius 1 is 1.22 bits per heavy atom. The van der Waals surface area contributed by atoms with Gasteiger partial charge in [0.1, 0.15) is 11.6 Å². The van der Waals surface area contributed by atoms with E-state index in [1.165, 1.54) is 4.90 Å². The van der Waals surface area contributed by atoms with Gasteiger partial charge in [-0.05, 0) is 67.1 Å². The van der Waals surface area contributed by atoms with Crippen molar-refractivity contribution in [3.8, 4) is 11.1 Å². The normalized spacial score (nSPS) is 19.1. The Morgan fingerprint density at radius 2 is 1.97 bits per heavy atom. The van der Waals surface area contributed by atoms with Crippen LogP contribution in [0.15, 0.2) is 30.3 Å². The maximum absolute atomic E-state index is 12.8. The maximum Gasteiger partial charge on any atom is 0.389 e. The Balaban J connectivity index is 1.54. The van der Waals surface area contributed by atoms with E-state index in [9.17, 15) is 23.1 Å². The van der Waals surface area contributed by atoms with Gasteiger partial charge in [0.05, 0.1) is 19.3 Å². The summed E-state index contributed by atoms with van der Waals surface area (Å²) >= 11 is 0. The van der Waals surface area contributed by atoms with Crippen molar-refractivity contribution in [2.75, 3.05) is 61.5 Å². The number of carbonyl (C=O) groups excluding carboxylic acids is 1. The van der Waals surface area contributed by atoms with Gasteiger partial charge in [0, 0.05) is 44.8 Å². The first-order chi connectivity index (χ1) is 17.6. The summed E-state index contributed by atoms with van der Waals surface area (Å²) in [6.07, 6.45) is -5.30. The Bertz CT molecular complexity index is 1090. The summed E-state index contributed by atoms with van der Waals surface area (Å²) < 4.78 is 43.7. The Labute approximate surface area is 214 Å². The molecule has 2 fully saturated rings. The molecule has 3 N–H and O–H groups in total. The number of rotatable bonds is 7. The van der Waals surface area contributed by atoms with Crippen LogP contribution in [0.1, 0.15) is 25.3 Å². The van der Waals surface area contributed by atoms with Crippen molar-refractivity contribution in [3.63, 3.8) is 0 Å². The number of likely N-dealkylation sites (tertiary alicyclic amines) is 1. The SMILES string of the molecule is Cc1ccc(NC(=O)N2CCC(CC(F)(F)F)C2)cc1-c1cc(NC[C@@H](C)O)nc(N2CCOCC2)c1. The summed E-state index contributed by atoms with van der Waals surface area (Å²) in [5.41, 5.74) is 3.34. The number of anilines is 3. The second-order valence-corrected chi connectivity index (χ2v) is 9.81. The first kappa shape index (κ1) is 27.0. The number of pyridine rings is 1. The molecule has 1 unspecified atom stereocenters. The van der Waals surface area contributed by atoms with Crippen LogP contribution in [0, 0.1) is 12.8 Å². The number of ether oxygens (including phenoxy) is 1. The number of hydrogen-bond donors (Lipinski definition) is 3. The predicted octanol–water partition coefficient (Wildman–Crippen LogP) is 4.49. The lowest BCUT2D eigenvalue weighted by Gasteiger charge is -2.28. The van der Waals surface area contributed by atoms with E-state index in [1.807, 2.05) is 31.2 Å². The van der Waals surface area contributed by atoms with Gasteiger partial charge in [0.2, 0.25) is 0 Å². The second kappa shape index (κ2) is 11.6. The number of hydrogen-bond acceptors (Lipinski definition) is 6. The number of amides is 2. The number of aliphatic hydroxyl groups is 1. The summed E-state index contributed by atoms with van der Waals surface area (Å²) in [5.74, 6) is 0.847. The van der Waals surface area contributed by atoms with Gasteiger partial charge >= 0.3 is 12.2 Å². The maximum atomic E-state index is 12.8. The predicted molar refractivity (Wildman–Crippen MR) is 137 cm³/mol. The summed E-state index contributed by atoms with van der Waals surface area (Å²) in [5, 5.41) is 15.8. The molecule has 4 rings (SSSR count). The molecule has 1 aromatic carbocycles. The van der Waals surface area contributed by atoms with Crippen molar-refractivity contribution < 1.29 is 27.8 Å². The van der Waals surface area contributed by atoms with E-state index >= 15 is 0 Å². The highest BCUT2D eigenvalue weighted by molar-refractivity contribution is 5.91. The summed E-state index contributed by atoms with van der Waals surface area (Å²) in [7, 11) is 0. The molecule has 2 atom stereocenters. The monoisotopic (exact) mass is 521 g/mol. The third-order valence-electron chi connectivity index (χ3n) is 6.62. The van der Waals surface area contributed by atoms with Gasteiger partial charge in [-0.2, -0.15) is 13.2 Å². The lowest BCUT2D eigenvalue weighted by Crippen LogP contribution is -2.36. The van der Waals surface area contributed by atoms with E-state index in [-0.39, 0.29) is 6.54 Å². The molecule has 0 spiro atoms. The van der Waals surface area contributed by atoms with Crippen LogP contribution in [0.5, 0.6) is 0 Å². The first-order valence-electron chi connectivity index (χ1n) is 12.6. The molecule has 0 bridgehead atoms. The lowest BCUT2D eigenvalue weighted by atomic mass is 10.00. The Hall–Kier alpha value is -3.05. The fraction of sp³-hybridized carbons (Fsp3) is 0.538. The highest BCUT2D eigenvalue weighted by Crippen LogP contribution is 2.33. The topological polar surface area (TPSA) is 90.0 Å². The summed E-state index contributed by atoms with van der Waals surface area (Å²) in [4.78, 5) is 21.1. The molecule has 2 amide bonds. The molecule has 0 aliphatic carbocycles. The van der Waals surface area contributed by atoms with Crippen LogP contribution in [-0.4, -0.2) is 79.2 Å². The number of benzene rings is 1. The smallest absolute Gasteiger partial charge is 0.389 e. The van der Waals surface area contributed by atoms with E-state index in [1.54, 1.807) is 13.0 Å². The molecule has 2 aromatic rings. The number of nitrogens with one attached hydrogen (secondary N) is 2. The van der Waals surface area contributed by atoms with Gasteiger partial charge in [0.15, 0.2) is 0 Å². The second-order valence-electron chi connectivity index (χ2n) is 9.81. The summed E-state index contributed by atoms with van der Waals surface area (Å²) in [6, 6.07) is 9.06. The third-order valence-corrected chi connectivity index (χ3v) is 6.62. The van der Waals surface area contributed by atoms with Crippen molar-refractivity contribution >= 4 is 23.4 Å².